The molecule has 0 aromatic carbocycles. The lowest BCUT2D eigenvalue weighted by atomic mass is 9.73. The highest BCUT2D eigenvalue weighted by Crippen LogP contribution is 2.42. The van der Waals surface area contributed by atoms with Crippen LogP contribution in [0.5, 0.6) is 0 Å². The molecular formula is C17H19N5O2S. The Kier molecular flexibility index (Phi) is 3.25. The van der Waals surface area contributed by atoms with Crippen molar-refractivity contribution in [2.45, 2.75) is 25.7 Å². The standard InChI is InChI=1S/C17H19N5O2S/c23-14(13-5-11-3-1-2-4-12(11)6-18-13)21-7-17(8-21)9-22(10-17)15-19-20-16(24)25-15/h5-6H,1-4,7-10H2,(H,20,24). The van der Waals surface area contributed by atoms with E-state index in [2.05, 4.69) is 20.1 Å². The molecule has 2 aromatic heterocycles. The summed E-state index contributed by atoms with van der Waals surface area (Å²) in [6.45, 7) is 3.24. The molecule has 5 rings (SSSR count). The van der Waals surface area contributed by atoms with Crippen LogP contribution < -0.4 is 9.77 Å². The van der Waals surface area contributed by atoms with Gasteiger partial charge in [-0.3, -0.25) is 14.6 Å². The number of pyridine rings is 1. The summed E-state index contributed by atoms with van der Waals surface area (Å²) < 4.78 is 0. The highest BCUT2D eigenvalue weighted by molar-refractivity contribution is 7.13. The van der Waals surface area contributed by atoms with Gasteiger partial charge in [0.25, 0.3) is 5.91 Å². The fourth-order valence-electron chi connectivity index (χ4n) is 4.26. The predicted molar refractivity (Wildman–Crippen MR) is 94.2 cm³/mol. The maximum absolute atomic E-state index is 12.7. The molecule has 0 unspecified atom stereocenters. The third-order valence-electron chi connectivity index (χ3n) is 5.53. The van der Waals surface area contributed by atoms with Crippen molar-refractivity contribution in [2.24, 2.45) is 5.41 Å². The first-order valence-electron chi connectivity index (χ1n) is 8.69. The quantitative estimate of drug-likeness (QED) is 0.869. The van der Waals surface area contributed by atoms with E-state index in [1.54, 1.807) is 0 Å². The van der Waals surface area contributed by atoms with E-state index in [1.807, 2.05) is 17.2 Å². The zero-order valence-corrected chi connectivity index (χ0v) is 14.6. The largest absolute Gasteiger partial charge is 0.345 e. The molecule has 7 nitrogen and oxygen atoms in total. The third-order valence-corrected chi connectivity index (χ3v) is 6.34. The Morgan fingerprint density at radius 2 is 1.92 bits per heavy atom. The summed E-state index contributed by atoms with van der Waals surface area (Å²) in [6, 6.07) is 2.00. The number of amides is 1. The van der Waals surface area contributed by atoms with Crippen LogP contribution in [0.15, 0.2) is 17.1 Å². The average molecular weight is 357 g/mol. The Balaban J connectivity index is 1.22. The van der Waals surface area contributed by atoms with Crippen molar-refractivity contribution in [3.05, 3.63) is 38.8 Å². The first kappa shape index (κ1) is 15.1. The van der Waals surface area contributed by atoms with Crippen molar-refractivity contribution < 1.29 is 4.79 Å². The minimum Gasteiger partial charge on any atom is -0.345 e. The zero-order valence-electron chi connectivity index (χ0n) is 13.8. The zero-order chi connectivity index (χ0) is 17.0. The van der Waals surface area contributed by atoms with E-state index in [-0.39, 0.29) is 16.2 Å². The average Bonchev–Trinajstić information content (AvgIpc) is 2.98. The molecule has 25 heavy (non-hydrogen) atoms. The first-order chi connectivity index (χ1) is 12.1. The van der Waals surface area contributed by atoms with Gasteiger partial charge < -0.3 is 9.80 Å². The molecule has 2 saturated heterocycles. The summed E-state index contributed by atoms with van der Waals surface area (Å²) >= 11 is 1.14. The van der Waals surface area contributed by atoms with E-state index in [0.717, 1.165) is 55.5 Å². The number of hydrogen-bond donors (Lipinski definition) is 1. The van der Waals surface area contributed by atoms with Crippen LogP contribution in [0, 0.1) is 5.41 Å². The SMILES string of the molecule is O=C(c1cc2c(cn1)CCCC2)N1CC2(C1)CN(c1n[nH]c(=O)s1)C2. The van der Waals surface area contributed by atoms with Gasteiger partial charge in [0.05, 0.1) is 0 Å². The number of carbonyl (C=O) groups is 1. The number of aromatic amines is 1. The fraction of sp³-hybridized carbons (Fsp3) is 0.529. The number of H-pyrrole nitrogens is 1. The molecule has 0 bridgehead atoms. The maximum Gasteiger partial charge on any atom is 0.324 e. The Hall–Kier alpha value is -2.22. The minimum absolute atomic E-state index is 0.0434. The van der Waals surface area contributed by atoms with E-state index in [4.69, 9.17) is 0 Å². The Morgan fingerprint density at radius 3 is 2.64 bits per heavy atom. The number of nitrogens with one attached hydrogen (secondary N) is 1. The Morgan fingerprint density at radius 1 is 1.16 bits per heavy atom. The molecule has 0 radical (unpaired) electrons. The van der Waals surface area contributed by atoms with E-state index in [0.29, 0.717) is 5.69 Å². The van der Waals surface area contributed by atoms with Crippen LogP contribution in [-0.2, 0) is 12.8 Å². The summed E-state index contributed by atoms with van der Waals surface area (Å²) in [4.78, 5) is 32.1. The van der Waals surface area contributed by atoms with Gasteiger partial charge in [0.15, 0.2) is 0 Å². The number of fused-ring (bicyclic) bond motifs is 1. The summed E-state index contributed by atoms with van der Waals surface area (Å²) in [5.74, 6) is 0.0434. The molecule has 1 spiro atoms. The van der Waals surface area contributed by atoms with Crippen molar-refractivity contribution >= 4 is 22.4 Å². The van der Waals surface area contributed by atoms with Crippen LogP contribution >= 0.6 is 11.3 Å². The van der Waals surface area contributed by atoms with Gasteiger partial charge in [-0.25, -0.2) is 5.10 Å². The van der Waals surface area contributed by atoms with Gasteiger partial charge in [0.1, 0.15) is 5.69 Å². The lowest BCUT2D eigenvalue weighted by Gasteiger charge is -2.59. The van der Waals surface area contributed by atoms with E-state index >= 15 is 0 Å². The van der Waals surface area contributed by atoms with Crippen LogP contribution in [0.25, 0.3) is 0 Å². The molecule has 2 aliphatic heterocycles. The molecule has 130 valence electrons. The molecule has 8 heteroatoms. The number of carbonyl (C=O) groups excluding carboxylic acids is 1. The van der Waals surface area contributed by atoms with E-state index < -0.39 is 0 Å². The second-order valence-corrected chi connectivity index (χ2v) is 8.40. The topological polar surface area (TPSA) is 82.2 Å². The Bertz CT molecular complexity index is 890. The van der Waals surface area contributed by atoms with Gasteiger partial charge in [0, 0.05) is 37.8 Å². The highest BCUT2D eigenvalue weighted by atomic mass is 32.1. The van der Waals surface area contributed by atoms with E-state index in [9.17, 15) is 9.59 Å². The third kappa shape index (κ3) is 2.47. The number of rotatable bonds is 2. The van der Waals surface area contributed by atoms with Gasteiger partial charge in [-0.05, 0) is 54.2 Å². The fourth-order valence-corrected chi connectivity index (χ4v) is 4.86. The summed E-state index contributed by atoms with van der Waals surface area (Å²) in [5, 5.41) is 7.22. The molecule has 2 aromatic rings. The minimum atomic E-state index is -0.125. The second-order valence-electron chi connectivity index (χ2n) is 7.46. The molecule has 1 aliphatic carbocycles. The molecule has 2 fully saturated rings. The molecule has 0 atom stereocenters. The first-order valence-corrected chi connectivity index (χ1v) is 9.51. The summed E-state index contributed by atoms with van der Waals surface area (Å²) in [5.41, 5.74) is 3.34. The molecule has 0 saturated carbocycles. The van der Waals surface area contributed by atoms with Crippen LogP contribution in [0.4, 0.5) is 5.13 Å². The molecule has 4 heterocycles. The van der Waals surface area contributed by atoms with Crippen molar-refractivity contribution in [2.75, 3.05) is 31.1 Å². The van der Waals surface area contributed by atoms with Crippen molar-refractivity contribution in [3.8, 4) is 0 Å². The predicted octanol–water partition coefficient (Wildman–Crippen LogP) is 1.07. The molecule has 1 amide bonds. The number of likely N-dealkylation sites (tertiary alicyclic amines) is 1. The molecule has 3 aliphatic rings. The van der Waals surface area contributed by atoms with Crippen molar-refractivity contribution in [1.82, 2.24) is 20.1 Å². The summed E-state index contributed by atoms with van der Waals surface area (Å²) in [6.07, 6.45) is 6.45. The van der Waals surface area contributed by atoms with Gasteiger partial charge >= 0.3 is 4.87 Å². The lowest BCUT2D eigenvalue weighted by Crippen LogP contribution is -2.73. The monoisotopic (exact) mass is 357 g/mol. The smallest absolute Gasteiger partial charge is 0.324 e. The summed E-state index contributed by atoms with van der Waals surface area (Å²) in [7, 11) is 0. The number of anilines is 1. The van der Waals surface area contributed by atoms with Gasteiger partial charge in [0.2, 0.25) is 5.13 Å². The number of aromatic nitrogens is 3. The van der Waals surface area contributed by atoms with Crippen LogP contribution in [0.3, 0.4) is 0 Å². The second kappa shape index (κ2) is 5.39. The van der Waals surface area contributed by atoms with Gasteiger partial charge in [-0.2, -0.15) is 0 Å². The lowest BCUT2D eigenvalue weighted by molar-refractivity contribution is -0.0109. The van der Waals surface area contributed by atoms with Gasteiger partial charge in [-0.1, -0.05) is 0 Å². The van der Waals surface area contributed by atoms with Crippen LogP contribution in [-0.4, -0.2) is 52.2 Å². The van der Waals surface area contributed by atoms with Crippen LogP contribution in [0.2, 0.25) is 0 Å². The van der Waals surface area contributed by atoms with Crippen molar-refractivity contribution in [1.29, 1.82) is 0 Å². The number of nitrogens with zero attached hydrogens (tertiary/aromatic N) is 4. The number of hydrogen-bond acceptors (Lipinski definition) is 6. The molecular weight excluding hydrogens is 338 g/mol. The van der Waals surface area contributed by atoms with Gasteiger partial charge in [-0.15, -0.1) is 5.10 Å². The Labute approximate surface area is 148 Å². The maximum atomic E-state index is 12.7. The normalized spacial score (nSPS) is 20.8. The number of aryl methyl sites for hydroxylation is 2. The van der Waals surface area contributed by atoms with E-state index in [1.165, 1.54) is 24.0 Å². The highest BCUT2D eigenvalue weighted by Gasteiger charge is 2.54. The van der Waals surface area contributed by atoms with Crippen molar-refractivity contribution in [3.63, 3.8) is 0 Å². The van der Waals surface area contributed by atoms with Crippen LogP contribution in [0.1, 0.15) is 34.5 Å². The molecule has 1 N–H and O–H groups in total.